The zero-order chi connectivity index (χ0) is 12.1. The molecule has 1 saturated heterocycles. The number of aliphatic hydroxyl groups is 1. The quantitative estimate of drug-likeness (QED) is 0.721. The second-order valence-electron chi connectivity index (χ2n) is 4.66. The smallest absolute Gasteiger partial charge is 0.239 e. The number of carbonyl (C=O) groups is 1. The van der Waals surface area contributed by atoms with E-state index in [2.05, 4.69) is 4.90 Å². The van der Waals surface area contributed by atoms with Gasteiger partial charge in [-0.25, -0.2) is 0 Å². The Bertz CT molecular complexity index is 231. The van der Waals surface area contributed by atoms with E-state index in [0.29, 0.717) is 6.54 Å². The molecule has 1 amide bonds. The lowest BCUT2D eigenvalue weighted by Crippen LogP contribution is -2.54. The van der Waals surface area contributed by atoms with Crippen molar-refractivity contribution < 1.29 is 9.90 Å². The third-order valence-corrected chi connectivity index (χ3v) is 3.10. The summed E-state index contributed by atoms with van der Waals surface area (Å²) in [6.07, 6.45) is 0. The number of halogens is 1. The molecule has 1 heterocycles. The molecule has 5 nitrogen and oxygen atoms in total. The van der Waals surface area contributed by atoms with Crippen molar-refractivity contribution in [1.29, 1.82) is 0 Å². The summed E-state index contributed by atoms with van der Waals surface area (Å²) in [4.78, 5) is 15.9. The van der Waals surface area contributed by atoms with Crippen molar-refractivity contribution in [2.24, 2.45) is 11.7 Å². The summed E-state index contributed by atoms with van der Waals surface area (Å²) < 4.78 is 0. The molecule has 0 saturated carbocycles. The average Bonchev–Trinajstić information content (AvgIpc) is 2.28. The van der Waals surface area contributed by atoms with Crippen LogP contribution in [0.4, 0.5) is 0 Å². The number of aliphatic hydroxyl groups excluding tert-OH is 1. The molecule has 0 aromatic heterocycles. The Morgan fingerprint density at radius 3 is 2.24 bits per heavy atom. The summed E-state index contributed by atoms with van der Waals surface area (Å²) in [6, 6.07) is -0.385. The van der Waals surface area contributed by atoms with Gasteiger partial charge < -0.3 is 15.7 Å². The van der Waals surface area contributed by atoms with E-state index < -0.39 is 0 Å². The number of hydrogen-bond acceptors (Lipinski definition) is 4. The number of piperazine rings is 1. The lowest BCUT2D eigenvalue weighted by molar-refractivity contribution is -0.135. The van der Waals surface area contributed by atoms with Crippen LogP contribution in [0, 0.1) is 5.92 Å². The first-order chi connectivity index (χ1) is 7.56. The van der Waals surface area contributed by atoms with Gasteiger partial charge in [0.2, 0.25) is 5.91 Å². The van der Waals surface area contributed by atoms with Crippen LogP contribution in [0.2, 0.25) is 0 Å². The maximum Gasteiger partial charge on any atom is 0.239 e. The lowest BCUT2D eigenvalue weighted by Gasteiger charge is -2.36. The molecule has 6 heteroatoms. The molecule has 0 radical (unpaired) electrons. The van der Waals surface area contributed by atoms with Gasteiger partial charge in [-0.3, -0.25) is 9.69 Å². The molecule has 0 bridgehead atoms. The Morgan fingerprint density at radius 1 is 1.29 bits per heavy atom. The fourth-order valence-electron chi connectivity index (χ4n) is 1.83. The van der Waals surface area contributed by atoms with E-state index >= 15 is 0 Å². The Morgan fingerprint density at radius 2 is 1.82 bits per heavy atom. The van der Waals surface area contributed by atoms with Gasteiger partial charge in [0.25, 0.3) is 0 Å². The van der Waals surface area contributed by atoms with E-state index in [0.717, 1.165) is 26.2 Å². The zero-order valence-corrected chi connectivity index (χ0v) is 11.4. The SMILES string of the molecule is CC(C)[C@@H](N)C(=O)N1CCN(CCO)CC1.Cl. The van der Waals surface area contributed by atoms with E-state index in [1.807, 2.05) is 18.7 Å². The van der Waals surface area contributed by atoms with Crippen LogP contribution in [-0.4, -0.2) is 66.2 Å². The molecular weight excluding hydrogens is 242 g/mol. The highest BCUT2D eigenvalue weighted by Gasteiger charge is 2.26. The van der Waals surface area contributed by atoms with E-state index in [1.165, 1.54) is 0 Å². The number of β-amino-alcohol motifs (C(OH)–C–C–N with tert-alkyl or cyclic N) is 1. The summed E-state index contributed by atoms with van der Waals surface area (Å²) in [6.45, 7) is 7.90. The van der Waals surface area contributed by atoms with Crippen LogP contribution < -0.4 is 5.73 Å². The standard InChI is InChI=1S/C11H23N3O2.ClH/c1-9(2)10(12)11(16)14-5-3-13(4-6-14)7-8-15;/h9-10,15H,3-8,12H2,1-2H3;1H/t10-;/m1./s1. The molecule has 0 aromatic carbocycles. The van der Waals surface area contributed by atoms with Crippen molar-refractivity contribution in [2.75, 3.05) is 39.3 Å². The van der Waals surface area contributed by atoms with Crippen LogP contribution in [0.15, 0.2) is 0 Å². The number of hydrogen-bond donors (Lipinski definition) is 2. The van der Waals surface area contributed by atoms with Crippen LogP contribution in [0.5, 0.6) is 0 Å². The average molecular weight is 266 g/mol. The van der Waals surface area contributed by atoms with Gasteiger partial charge in [-0.15, -0.1) is 12.4 Å². The number of rotatable bonds is 4. The van der Waals surface area contributed by atoms with E-state index in [4.69, 9.17) is 10.8 Å². The van der Waals surface area contributed by atoms with Gasteiger partial charge >= 0.3 is 0 Å². The normalized spacial score (nSPS) is 19.0. The summed E-state index contributed by atoms with van der Waals surface area (Å²) in [7, 11) is 0. The van der Waals surface area contributed by atoms with Crippen LogP contribution in [0.3, 0.4) is 0 Å². The first-order valence-electron chi connectivity index (χ1n) is 5.94. The highest BCUT2D eigenvalue weighted by Crippen LogP contribution is 2.07. The summed E-state index contributed by atoms with van der Waals surface area (Å²) in [5.74, 6) is 0.238. The molecule has 1 aliphatic heterocycles. The predicted molar refractivity (Wildman–Crippen MR) is 70.2 cm³/mol. The predicted octanol–water partition coefficient (Wildman–Crippen LogP) is -0.472. The van der Waals surface area contributed by atoms with Crippen LogP contribution in [0.1, 0.15) is 13.8 Å². The van der Waals surface area contributed by atoms with Crippen molar-refractivity contribution >= 4 is 18.3 Å². The van der Waals surface area contributed by atoms with Gasteiger partial charge in [-0.1, -0.05) is 13.8 Å². The van der Waals surface area contributed by atoms with Crippen molar-refractivity contribution in [2.45, 2.75) is 19.9 Å². The van der Waals surface area contributed by atoms with Gasteiger partial charge in [0.15, 0.2) is 0 Å². The number of carbonyl (C=O) groups excluding carboxylic acids is 1. The second-order valence-corrected chi connectivity index (χ2v) is 4.66. The Balaban J connectivity index is 0.00000256. The highest BCUT2D eigenvalue weighted by atomic mass is 35.5. The maximum atomic E-state index is 11.9. The van der Waals surface area contributed by atoms with Crippen molar-refractivity contribution in [3.05, 3.63) is 0 Å². The first-order valence-corrected chi connectivity index (χ1v) is 5.94. The Hall–Kier alpha value is -0.360. The monoisotopic (exact) mass is 265 g/mol. The minimum absolute atomic E-state index is 0. The van der Waals surface area contributed by atoms with Crippen molar-refractivity contribution in [3.8, 4) is 0 Å². The van der Waals surface area contributed by atoms with Crippen molar-refractivity contribution in [3.63, 3.8) is 0 Å². The van der Waals surface area contributed by atoms with Crippen molar-refractivity contribution in [1.82, 2.24) is 9.80 Å². The molecule has 1 atom stereocenters. The fourth-order valence-corrected chi connectivity index (χ4v) is 1.83. The fraction of sp³-hybridized carbons (Fsp3) is 0.909. The maximum absolute atomic E-state index is 11.9. The van der Waals surface area contributed by atoms with Gasteiger partial charge in [-0.2, -0.15) is 0 Å². The van der Waals surface area contributed by atoms with Gasteiger partial charge in [0.1, 0.15) is 0 Å². The first kappa shape index (κ1) is 16.6. The van der Waals surface area contributed by atoms with E-state index in [-0.39, 0.29) is 36.9 Å². The van der Waals surface area contributed by atoms with Crippen LogP contribution >= 0.6 is 12.4 Å². The van der Waals surface area contributed by atoms with E-state index in [9.17, 15) is 4.79 Å². The molecule has 0 spiro atoms. The molecule has 0 unspecified atom stereocenters. The largest absolute Gasteiger partial charge is 0.395 e. The summed E-state index contributed by atoms with van der Waals surface area (Å²) >= 11 is 0. The zero-order valence-electron chi connectivity index (χ0n) is 10.6. The lowest BCUT2D eigenvalue weighted by atomic mass is 10.0. The van der Waals surface area contributed by atoms with Gasteiger partial charge in [0, 0.05) is 32.7 Å². The molecule has 1 aliphatic rings. The molecular formula is C11H24ClN3O2. The molecule has 102 valence electrons. The molecule has 1 fully saturated rings. The minimum atomic E-state index is -0.385. The third-order valence-electron chi connectivity index (χ3n) is 3.10. The number of amides is 1. The molecule has 0 aliphatic carbocycles. The van der Waals surface area contributed by atoms with Crippen LogP contribution in [-0.2, 0) is 4.79 Å². The Labute approximate surface area is 109 Å². The minimum Gasteiger partial charge on any atom is -0.395 e. The topological polar surface area (TPSA) is 69.8 Å². The Kier molecular flexibility index (Phi) is 7.70. The highest BCUT2D eigenvalue weighted by molar-refractivity contribution is 5.85. The molecule has 17 heavy (non-hydrogen) atoms. The molecule has 3 N–H and O–H groups in total. The second kappa shape index (κ2) is 7.87. The summed E-state index contributed by atoms with van der Waals surface area (Å²) in [5.41, 5.74) is 5.84. The summed E-state index contributed by atoms with van der Waals surface area (Å²) in [5, 5.41) is 8.81. The van der Waals surface area contributed by atoms with Gasteiger partial charge in [-0.05, 0) is 5.92 Å². The van der Waals surface area contributed by atoms with Crippen LogP contribution in [0.25, 0.3) is 0 Å². The molecule has 1 rings (SSSR count). The number of nitrogens with two attached hydrogens (primary N) is 1. The van der Waals surface area contributed by atoms with E-state index in [1.54, 1.807) is 0 Å². The third kappa shape index (κ3) is 4.79. The molecule has 0 aromatic rings. The number of nitrogens with zero attached hydrogens (tertiary/aromatic N) is 2. The van der Waals surface area contributed by atoms with Gasteiger partial charge in [0.05, 0.1) is 12.6 Å².